The number of anilines is 1. The number of carbonyl (C=O) groups is 1. The molecule has 170 valence electrons. The molecule has 32 heavy (non-hydrogen) atoms. The maximum Gasteiger partial charge on any atom is 0.348 e. The molecule has 1 saturated heterocycles. The van der Waals surface area contributed by atoms with Crippen molar-refractivity contribution in [2.75, 3.05) is 57.6 Å². The van der Waals surface area contributed by atoms with Gasteiger partial charge >= 0.3 is 5.97 Å². The normalized spacial score (nSPS) is 14.4. The minimum absolute atomic E-state index is 0.0300. The lowest BCUT2D eigenvalue weighted by molar-refractivity contribution is -0.140. The standard InChI is InChI=1S/C25H30N2O5/c26-19-23(25(29)32-15-14-31-13-12-30-11-10-28)17-20-4-5-22-18-24(7-6-21(22)16-20)27-8-2-1-3-9-27/h4-7,16-18,28H,1-3,8-15H2/b23-17+. The molecule has 7 heteroatoms. The van der Waals surface area contributed by atoms with Crippen molar-refractivity contribution in [3.05, 3.63) is 47.5 Å². The van der Waals surface area contributed by atoms with Crippen molar-refractivity contribution in [3.8, 4) is 6.07 Å². The monoisotopic (exact) mass is 438 g/mol. The van der Waals surface area contributed by atoms with E-state index >= 15 is 0 Å². The van der Waals surface area contributed by atoms with E-state index in [0.717, 1.165) is 29.4 Å². The van der Waals surface area contributed by atoms with Gasteiger partial charge in [0.2, 0.25) is 0 Å². The van der Waals surface area contributed by atoms with Crippen LogP contribution in [0.15, 0.2) is 42.0 Å². The summed E-state index contributed by atoms with van der Waals surface area (Å²) < 4.78 is 15.5. The maximum atomic E-state index is 12.2. The third-order valence-corrected chi connectivity index (χ3v) is 5.29. The molecule has 1 fully saturated rings. The number of hydrogen-bond donors (Lipinski definition) is 1. The van der Waals surface area contributed by atoms with Gasteiger partial charge in [-0.2, -0.15) is 5.26 Å². The van der Waals surface area contributed by atoms with Gasteiger partial charge in [0.15, 0.2) is 0 Å². The number of nitrogens with zero attached hydrogens (tertiary/aromatic N) is 2. The predicted octanol–water partition coefficient (Wildman–Crippen LogP) is 3.31. The molecule has 0 aromatic heterocycles. The van der Waals surface area contributed by atoms with Gasteiger partial charge in [-0.3, -0.25) is 0 Å². The van der Waals surface area contributed by atoms with E-state index in [2.05, 4.69) is 23.1 Å². The number of nitriles is 1. The minimum Gasteiger partial charge on any atom is -0.459 e. The number of rotatable bonds is 11. The molecular formula is C25H30N2O5. The van der Waals surface area contributed by atoms with Crippen molar-refractivity contribution in [2.24, 2.45) is 0 Å². The molecule has 0 amide bonds. The predicted molar refractivity (Wildman–Crippen MR) is 123 cm³/mol. The summed E-state index contributed by atoms with van der Waals surface area (Å²) in [6.07, 6.45) is 5.32. The summed E-state index contributed by atoms with van der Waals surface area (Å²) in [5.41, 5.74) is 1.96. The summed E-state index contributed by atoms with van der Waals surface area (Å²) in [7, 11) is 0. The largest absolute Gasteiger partial charge is 0.459 e. The minimum atomic E-state index is -0.673. The zero-order chi connectivity index (χ0) is 22.6. The fraction of sp³-hybridized carbons (Fsp3) is 0.440. The first-order chi connectivity index (χ1) is 15.7. The first kappa shape index (κ1) is 23.7. The van der Waals surface area contributed by atoms with Crippen molar-refractivity contribution in [2.45, 2.75) is 19.3 Å². The molecule has 7 nitrogen and oxygen atoms in total. The van der Waals surface area contributed by atoms with Crippen LogP contribution in [0.25, 0.3) is 16.8 Å². The van der Waals surface area contributed by atoms with E-state index < -0.39 is 5.97 Å². The average Bonchev–Trinajstić information content (AvgIpc) is 2.84. The molecule has 0 radical (unpaired) electrons. The molecule has 2 aromatic rings. The summed E-state index contributed by atoms with van der Waals surface area (Å²) in [6.45, 7) is 3.40. The second-order valence-corrected chi connectivity index (χ2v) is 7.59. The van der Waals surface area contributed by atoms with Gasteiger partial charge in [0.05, 0.1) is 33.0 Å². The first-order valence-corrected chi connectivity index (χ1v) is 11.1. The summed E-state index contributed by atoms with van der Waals surface area (Å²) >= 11 is 0. The Morgan fingerprint density at radius 3 is 2.41 bits per heavy atom. The molecule has 2 aromatic carbocycles. The average molecular weight is 439 g/mol. The van der Waals surface area contributed by atoms with Crippen molar-refractivity contribution < 1.29 is 24.1 Å². The maximum absolute atomic E-state index is 12.2. The summed E-state index contributed by atoms with van der Waals surface area (Å²) in [5, 5.41) is 20.2. The molecular weight excluding hydrogens is 408 g/mol. The molecule has 0 aliphatic carbocycles. The van der Waals surface area contributed by atoms with Crippen LogP contribution in [0.5, 0.6) is 0 Å². The molecule has 0 bridgehead atoms. The summed E-state index contributed by atoms with van der Waals surface area (Å²) in [6, 6.07) is 14.2. The molecule has 0 saturated carbocycles. The fourth-order valence-corrected chi connectivity index (χ4v) is 3.65. The van der Waals surface area contributed by atoms with Crippen LogP contribution in [0.4, 0.5) is 5.69 Å². The Morgan fingerprint density at radius 2 is 1.66 bits per heavy atom. The molecule has 1 aliphatic rings. The Balaban J connectivity index is 1.55. The van der Waals surface area contributed by atoms with Gasteiger partial charge in [-0.1, -0.05) is 18.2 Å². The van der Waals surface area contributed by atoms with Crippen LogP contribution in [-0.2, 0) is 19.0 Å². The van der Waals surface area contributed by atoms with Gasteiger partial charge in [0.25, 0.3) is 0 Å². The van der Waals surface area contributed by atoms with Crippen LogP contribution in [-0.4, -0.2) is 63.8 Å². The van der Waals surface area contributed by atoms with Crippen LogP contribution in [0, 0.1) is 11.3 Å². The smallest absolute Gasteiger partial charge is 0.348 e. The van der Waals surface area contributed by atoms with Crippen molar-refractivity contribution >= 4 is 28.5 Å². The van der Waals surface area contributed by atoms with Crippen molar-refractivity contribution in [1.29, 1.82) is 5.26 Å². The Bertz CT molecular complexity index is 960. The van der Waals surface area contributed by atoms with E-state index in [-0.39, 0.29) is 32.0 Å². The SMILES string of the molecule is N#C/C(=C\c1ccc2cc(N3CCCCC3)ccc2c1)C(=O)OCCOCCOCCO. The zero-order valence-electron chi connectivity index (χ0n) is 18.3. The van der Waals surface area contributed by atoms with E-state index in [0.29, 0.717) is 13.2 Å². The van der Waals surface area contributed by atoms with E-state index in [1.54, 1.807) is 6.08 Å². The first-order valence-electron chi connectivity index (χ1n) is 11.1. The number of esters is 1. The Morgan fingerprint density at radius 1 is 0.969 bits per heavy atom. The zero-order valence-corrected chi connectivity index (χ0v) is 18.3. The van der Waals surface area contributed by atoms with Crippen molar-refractivity contribution in [3.63, 3.8) is 0 Å². The topological polar surface area (TPSA) is 92.0 Å². The Labute approximate surface area is 188 Å². The van der Waals surface area contributed by atoms with Gasteiger partial charge in [-0.05, 0) is 59.9 Å². The van der Waals surface area contributed by atoms with Gasteiger partial charge < -0.3 is 24.2 Å². The highest BCUT2D eigenvalue weighted by molar-refractivity contribution is 5.98. The molecule has 0 unspecified atom stereocenters. The molecule has 0 spiro atoms. The number of hydrogen-bond acceptors (Lipinski definition) is 7. The van der Waals surface area contributed by atoms with Crippen LogP contribution in [0.2, 0.25) is 0 Å². The fourth-order valence-electron chi connectivity index (χ4n) is 3.65. The van der Waals surface area contributed by atoms with E-state index in [9.17, 15) is 10.1 Å². The van der Waals surface area contributed by atoms with Gasteiger partial charge in [0, 0.05) is 18.8 Å². The molecule has 1 heterocycles. The summed E-state index contributed by atoms with van der Waals surface area (Å²) in [5.74, 6) is -0.673. The van der Waals surface area contributed by atoms with Gasteiger partial charge in [-0.25, -0.2) is 4.79 Å². The number of aliphatic hydroxyl groups excluding tert-OH is 1. The molecule has 3 rings (SSSR count). The lowest BCUT2D eigenvalue weighted by Gasteiger charge is -2.29. The lowest BCUT2D eigenvalue weighted by atomic mass is 10.0. The number of piperidine rings is 1. The van der Waals surface area contributed by atoms with E-state index in [4.69, 9.17) is 19.3 Å². The Kier molecular flexibility index (Phi) is 9.51. The quantitative estimate of drug-likeness (QED) is 0.249. The highest BCUT2D eigenvalue weighted by Gasteiger charge is 2.13. The van der Waals surface area contributed by atoms with Gasteiger partial charge in [-0.15, -0.1) is 0 Å². The van der Waals surface area contributed by atoms with Crippen molar-refractivity contribution in [1.82, 2.24) is 0 Å². The molecule has 0 atom stereocenters. The summed E-state index contributed by atoms with van der Waals surface area (Å²) in [4.78, 5) is 14.6. The third kappa shape index (κ3) is 7.06. The van der Waals surface area contributed by atoms with Gasteiger partial charge in [0.1, 0.15) is 18.2 Å². The molecule has 1 N–H and O–H groups in total. The van der Waals surface area contributed by atoms with E-state index in [1.165, 1.54) is 24.9 Å². The lowest BCUT2D eigenvalue weighted by Crippen LogP contribution is -2.29. The number of fused-ring (bicyclic) bond motifs is 1. The van der Waals surface area contributed by atoms with Crippen LogP contribution >= 0.6 is 0 Å². The second kappa shape index (κ2) is 12.8. The Hall–Kier alpha value is -2.92. The number of ether oxygens (including phenoxy) is 3. The number of carbonyl (C=O) groups excluding carboxylic acids is 1. The van der Waals surface area contributed by atoms with Crippen LogP contribution in [0.1, 0.15) is 24.8 Å². The molecule has 1 aliphatic heterocycles. The third-order valence-electron chi connectivity index (χ3n) is 5.29. The highest BCUT2D eigenvalue weighted by atomic mass is 16.6. The second-order valence-electron chi connectivity index (χ2n) is 7.59. The number of aliphatic hydroxyl groups is 1. The van der Waals surface area contributed by atoms with E-state index in [1.807, 2.05) is 24.3 Å². The number of benzene rings is 2. The van der Waals surface area contributed by atoms with Crippen LogP contribution < -0.4 is 4.90 Å². The van der Waals surface area contributed by atoms with Crippen LogP contribution in [0.3, 0.4) is 0 Å². The highest BCUT2D eigenvalue weighted by Crippen LogP contribution is 2.26.